The van der Waals surface area contributed by atoms with Gasteiger partial charge in [0.25, 0.3) is 0 Å². The second-order valence-corrected chi connectivity index (χ2v) is 2.56. The van der Waals surface area contributed by atoms with Crippen molar-refractivity contribution in [1.29, 1.82) is 0 Å². The highest BCUT2D eigenvalue weighted by Gasteiger charge is 2.34. The molecule has 0 saturated heterocycles. The van der Waals surface area contributed by atoms with Crippen molar-refractivity contribution in [2.24, 2.45) is 10.9 Å². The molecule has 0 aromatic heterocycles. The van der Waals surface area contributed by atoms with Gasteiger partial charge in [0.15, 0.2) is 11.8 Å². The second kappa shape index (κ2) is 3.40. The van der Waals surface area contributed by atoms with Gasteiger partial charge in [-0.2, -0.15) is 0 Å². The average molecular weight is 188 g/mol. The molecule has 72 valence electrons. The third-order valence-corrected chi connectivity index (χ3v) is 1.63. The van der Waals surface area contributed by atoms with E-state index in [1.807, 2.05) is 0 Å². The molecule has 0 spiro atoms. The number of carboxylic acid groups (broad SMARTS) is 2. The van der Waals surface area contributed by atoms with Crippen molar-refractivity contribution >= 4 is 17.7 Å². The van der Waals surface area contributed by atoms with Gasteiger partial charge in [-0.25, -0.2) is 4.79 Å². The summed E-state index contributed by atoms with van der Waals surface area (Å²) in [5.41, 5.74) is 4.99. The molecule has 0 saturated carbocycles. The summed E-state index contributed by atoms with van der Waals surface area (Å²) in [6.07, 6.45) is -0.966. The Hall–Kier alpha value is -1.63. The summed E-state index contributed by atoms with van der Waals surface area (Å²) >= 11 is 0. The van der Waals surface area contributed by atoms with E-state index in [-0.39, 0.29) is 12.1 Å². The Kier molecular flexibility index (Phi) is 2.47. The number of nitrogens with two attached hydrogens (primary N) is 1. The first-order chi connectivity index (χ1) is 6.02. The highest BCUT2D eigenvalue weighted by molar-refractivity contribution is 6.35. The molecule has 1 aliphatic rings. The highest BCUT2D eigenvalue weighted by atomic mass is 16.6. The molecule has 1 rings (SSSR count). The van der Waals surface area contributed by atoms with Crippen LogP contribution in [-0.2, 0) is 14.4 Å². The van der Waals surface area contributed by atoms with E-state index in [1.54, 1.807) is 0 Å². The number of hydrogen-bond donors (Lipinski definition) is 3. The molecular formula is C6H8N2O5. The van der Waals surface area contributed by atoms with Crippen LogP contribution in [0.4, 0.5) is 0 Å². The van der Waals surface area contributed by atoms with E-state index in [4.69, 9.17) is 15.9 Å². The van der Waals surface area contributed by atoms with E-state index in [0.29, 0.717) is 0 Å². The predicted octanol–water partition coefficient (Wildman–Crippen LogP) is -1.37. The standard InChI is InChI=1S/C6H8N2O5/c7-4(6(11)12)3-1-2(5(9)10)8-13-3/h3-4H,1,7H2,(H,9,10)(H,11,12)/t3?,4-/m1/s1. The lowest BCUT2D eigenvalue weighted by Crippen LogP contribution is -2.42. The monoisotopic (exact) mass is 188 g/mol. The second-order valence-electron chi connectivity index (χ2n) is 2.56. The maximum Gasteiger partial charge on any atom is 0.353 e. The van der Waals surface area contributed by atoms with Gasteiger partial charge in [-0.05, 0) is 0 Å². The molecule has 7 nitrogen and oxygen atoms in total. The molecule has 1 unspecified atom stereocenters. The van der Waals surface area contributed by atoms with E-state index in [0.717, 1.165) is 0 Å². The van der Waals surface area contributed by atoms with Crippen LogP contribution in [0.1, 0.15) is 6.42 Å². The fourth-order valence-electron chi connectivity index (χ4n) is 0.874. The Morgan fingerprint density at radius 3 is 2.62 bits per heavy atom. The lowest BCUT2D eigenvalue weighted by Gasteiger charge is -2.11. The summed E-state index contributed by atoms with van der Waals surface area (Å²) in [5, 5.41) is 20.1. The maximum atomic E-state index is 10.4. The van der Waals surface area contributed by atoms with Gasteiger partial charge in [-0.3, -0.25) is 4.79 Å². The number of carboxylic acids is 2. The molecule has 0 amide bonds. The van der Waals surface area contributed by atoms with Gasteiger partial charge < -0.3 is 20.8 Å². The largest absolute Gasteiger partial charge is 0.480 e. The van der Waals surface area contributed by atoms with Gasteiger partial charge in [-0.1, -0.05) is 5.16 Å². The zero-order valence-electron chi connectivity index (χ0n) is 6.51. The minimum absolute atomic E-state index is 0.0806. The van der Waals surface area contributed by atoms with Gasteiger partial charge >= 0.3 is 11.9 Å². The molecule has 0 aromatic rings. The molecule has 1 heterocycles. The molecule has 7 heteroatoms. The number of aliphatic carboxylic acids is 2. The Morgan fingerprint density at radius 2 is 2.23 bits per heavy atom. The number of hydrogen-bond acceptors (Lipinski definition) is 5. The van der Waals surface area contributed by atoms with E-state index in [2.05, 4.69) is 9.99 Å². The predicted molar refractivity (Wildman–Crippen MR) is 40.2 cm³/mol. The summed E-state index contributed by atoms with van der Waals surface area (Å²) in [6, 6.07) is -1.25. The molecule has 0 fully saturated rings. The van der Waals surface area contributed by atoms with Crippen LogP contribution in [0.2, 0.25) is 0 Å². The maximum absolute atomic E-state index is 10.4. The third kappa shape index (κ3) is 1.94. The minimum Gasteiger partial charge on any atom is -0.480 e. The Labute approximate surface area is 72.8 Å². The van der Waals surface area contributed by atoms with Crippen LogP contribution >= 0.6 is 0 Å². The number of oxime groups is 1. The van der Waals surface area contributed by atoms with Crippen LogP contribution in [0, 0.1) is 0 Å². The lowest BCUT2D eigenvalue weighted by molar-refractivity contribution is -0.142. The first kappa shape index (κ1) is 9.46. The molecule has 4 N–H and O–H groups in total. The summed E-state index contributed by atoms with van der Waals surface area (Å²) in [4.78, 5) is 25.3. The first-order valence-electron chi connectivity index (χ1n) is 3.46. The average Bonchev–Trinajstić information content (AvgIpc) is 2.50. The number of carbonyl (C=O) groups is 2. The Bertz CT molecular complexity index is 274. The van der Waals surface area contributed by atoms with Gasteiger partial charge in [0.05, 0.1) is 0 Å². The summed E-state index contributed by atoms with van der Waals surface area (Å²) in [5.74, 6) is -2.47. The quantitative estimate of drug-likeness (QED) is 0.502. The highest BCUT2D eigenvalue weighted by Crippen LogP contribution is 2.13. The van der Waals surface area contributed by atoms with Gasteiger partial charge in [0.1, 0.15) is 6.04 Å². The van der Waals surface area contributed by atoms with E-state index < -0.39 is 24.1 Å². The first-order valence-corrected chi connectivity index (χ1v) is 3.46. The molecule has 0 aromatic carbocycles. The van der Waals surface area contributed by atoms with E-state index >= 15 is 0 Å². The summed E-state index contributed by atoms with van der Waals surface area (Å²) < 4.78 is 0. The summed E-state index contributed by atoms with van der Waals surface area (Å²) in [7, 11) is 0. The van der Waals surface area contributed by atoms with Gasteiger partial charge in [0, 0.05) is 6.42 Å². The fraction of sp³-hybridized carbons (Fsp3) is 0.500. The van der Waals surface area contributed by atoms with Crippen LogP contribution in [0.3, 0.4) is 0 Å². The Morgan fingerprint density at radius 1 is 1.62 bits per heavy atom. The molecule has 0 radical (unpaired) electrons. The van der Waals surface area contributed by atoms with Crippen molar-refractivity contribution < 1.29 is 24.6 Å². The van der Waals surface area contributed by atoms with Crippen molar-refractivity contribution in [3.8, 4) is 0 Å². The number of rotatable bonds is 3. The third-order valence-electron chi connectivity index (χ3n) is 1.63. The van der Waals surface area contributed by atoms with Crippen molar-refractivity contribution in [2.45, 2.75) is 18.6 Å². The van der Waals surface area contributed by atoms with Crippen LogP contribution in [-0.4, -0.2) is 40.0 Å². The minimum atomic E-state index is -1.25. The van der Waals surface area contributed by atoms with Gasteiger partial charge in [0.2, 0.25) is 0 Å². The zero-order chi connectivity index (χ0) is 10.0. The smallest absolute Gasteiger partial charge is 0.353 e. The molecule has 2 atom stereocenters. The van der Waals surface area contributed by atoms with Crippen LogP contribution < -0.4 is 5.73 Å². The lowest BCUT2D eigenvalue weighted by atomic mass is 10.1. The van der Waals surface area contributed by atoms with Crippen LogP contribution in [0.5, 0.6) is 0 Å². The van der Waals surface area contributed by atoms with Crippen molar-refractivity contribution in [2.75, 3.05) is 0 Å². The number of nitrogens with zero attached hydrogens (tertiary/aromatic N) is 1. The van der Waals surface area contributed by atoms with Crippen molar-refractivity contribution in [3.63, 3.8) is 0 Å². The topological polar surface area (TPSA) is 122 Å². The van der Waals surface area contributed by atoms with Gasteiger partial charge in [-0.15, -0.1) is 0 Å². The van der Waals surface area contributed by atoms with Crippen molar-refractivity contribution in [3.05, 3.63) is 0 Å². The molecule has 1 aliphatic heterocycles. The molecule has 0 aliphatic carbocycles. The normalized spacial score (nSPS) is 23.2. The van der Waals surface area contributed by atoms with E-state index in [1.165, 1.54) is 0 Å². The molecular weight excluding hydrogens is 180 g/mol. The Balaban J connectivity index is 2.55. The summed E-state index contributed by atoms with van der Waals surface area (Å²) in [6.45, 7) is 0. The fourth-order valence-corrected chi connectivity index (χ4v) is 0.874. The molecule has 0 bridgehead atoms. The van der Waals surface area contributed by atoms with E-state index in [9.17, 15) is 9.59 Å². The van der Waals surface area contributed by atoms with Crippen LogP contribution in [0.25, 0.3) is 0 Å². The SMILES string of the molecule is N[C@@H](C(=O)O)C1CC(C(=O)O)=NO1. The van der Waals surface area contributed by atoms with Crippen molar-refractivity contribution in [1.82, 2.24) is 0 Å². The zero-order valence-corrected chi connectivity index (χ0v) is 6.51. The van der Waals surface area contributed by atoms with Crippen LogP contribution in [0.15, 0.2) is 5.16 Å². The molecule has 13 heavy (non-hydrogen) atoms.